The number of hydrogen-bond acceptors (Lipinski definition) is 5. The van der Waals surface area contributed by atoms with Crippen molar-refractivity contribution in [3.63, 3.8) is 0 Å². The third kappa shape index (κ3) is 4.07. The molecule has 0 fully saturated rings. The van der Waals surface area contributed by atoms with Crippen LogP contribution in [-0.4, -0.2) is 13.4 Å². The number of nitrogens with one attached hydrogen (secondary N) is 1. The minimum atomic E-state index is -3.68. The normalized spacial score (nSPS) is 11.7. The van der Waals surface area contributed by atoms with E-state index < -0.39 is 10.0 Å². The molecular weight excluding hydrogens is 354 g/mol. The molecule has 1 heterocycles. The Bertz CT molecular complexity index is 978. The monoisotopic (exact) mass is 373 g/mol. The van der Waals surface area contributed by atoms with Crippen LogP contribution >= 0.6 is 11.3 Å². The van der Waals surface area contributed by atoms with Gasteiger partial charge >= 0.3 is 0 Å². The Morgan fingerprint density at radius 3 is 2.40 bits per heavy atom. The minimum absolute atomic E-state index is 0.0932. The zero-order chi connectivity index (χ0) is 18.0. The van der Waals surface area contributed by atoms with Crippen molar-refractivity contribution in [1.82, 2.24) is 4.98 Å². The number of hydrogen-bond donors (Lipinski definition) is 2. The van der Waals surface area contributed by atoms with Crippen LogP contribution in [-0.2, 0) is 10.0 Å². The molecule has 3 N–H and O–H groups in total. The van der Waals surface area contributed by atoms with Gasteiger partial charge in [-0.1, -0.05) is 44.2 Å². The summed E-state index contributed by atoms with van der Waals surface area (Å²) >= 11 is 1.50. The Balaban J connectivity index is 1.84. The zero-order valence-corrected chi connectivity index (χ0v) is 15.6. The maximum atomic E-state index is 11.3. The molecule has 7 heteroatoms. The van der Waals surface area contributed by atoms with E-state index >= 15 is 0 Å². The van der Waals surface area contributed by atoms with E-state index in [0.29, 0.717) is 5.92 Å². The van der Waals surface area contributed by atoms with Crippen LogP contribution in [0.4, 0.5) is 10.8 Å². The Morgan fingerprint density at radius 1 is 1.08 bits per heavy atom. The van der Waals surface area contributed by atoms with Gasteiger partial charge in [-0.3, -0.25) is 0 Å². The standard InChI is InChI=1S/C18H19N3O2S2/c1-12(2)15-5-3-4-6-16(15)20-18-21-17(11-24-18)13-7-9-14(10-8-13)25(19,22)23/h3-12H,1-2H3,(H,20,21)(H2,19,22,23). The SMILES string of the molecule is CC(C)c1ccccc1Nc1nc(-c2ccc(S(N)(=O)=O)cc2)cs1. The average Bonchev–Trinajstić information content (AvgIpc) is 3.03. The molecule has 130 valence electrons. The lowest BCUT2D eigenvalue weighted by molar-refractivity contribution is 0.598. The van der Waals surface area contributed by atoms with Crippen molar-refractivity contribution in [2.45, 2.75) is 24.7 Å². The number of rotatable bonds is 5. The second kappa shape index (κ2) is 6.95. The highest BCUT2D eigenvalue weighted by Gasteiger charge is 2.11. The molecule has 0 aliphatic carbocycles. The van der Waals surface area contributed by atoms with Crippen molar-refractivity contribution >= 4 is 32.2 Å². The smallest absolute Gasteiger partial charge is 0.238 e. The Kier molecular flexibility index (Phi) is 4.89. The van der Waals surface area contributed by atoms with E-state index in [1.54, 1.807) is 12.1 Å². The molecule has 0 saturated heterocycles. The third-order valence-corrected chi connectivity index (χ3v) is 5.49. The second-order valence-electron chi connectivity index (χ2n) is 5.97. The Labute approximate surface area is 151 Å². The number of nitrogens with zero attached hydrogens (tertiary/aromatic N) is 1. The van der Waals surface area contributed by atoms with Gasteiger partial charge in [-0.25, -0.2) is 18.5 Å². The zero-order valence-electron chi connectivity index (χ0n) is 13.9. The molecule has 0 atom stereocenters. The van der Waals surface area contributed by atoms with Crippen molar-refractivity contribution in [3.05, 3.63) is 59.5 Å². The van der Waals surface area contributed by atoms with Crippen LogP contribution in [0.3, 0.4) is 0 Å². The number of thiazole rings is 1. The van der Waals surface area contributed by atoms with Gasteiger partial charge in [0.15, 0.2) is 5.13 Å². The van der Waals surface area contributed by atoms with Crippen molar-refractivity contribution in [2.75, 3.05) is 5.32 Å². The summed E-state index contributed by atoms with van der Waals surface area (Å²) in [5, 5.41) is 11.2. The summed E-state index contributed by atoms with van der Waals surface area (Å²) in [6, 6.07) is 14.6. The first-order chi connectivity index (χ1) is 11.8. The molecule has 0 spiro atoms. The summed E-state index contributed by atoms with van der Waals surface area (Å²) in [6.07, 6.45) is 0. The number of benzene rings is 2. The quantitative estimate of drug-likeness (QED) is 0.697. The molecule has 0 saturated carbocycles. The molecule has 0 aliphatic heterocycles. The van der Waals surface area contributed by atoms with Gasteiger partial charge in [0.05, 0.1) is 10.6 Å². The van der Waals surface area contributed by atoms with Crippen LogP contribution in [0.15, 0.2) is 58.8 Å². The van der Waals surface area contributed by atoms with Crippen LogP contribution < -0.4 is 10.5 Å². The largest absolute Gasteiger partial charge is 0.331 e. The van der Waals surface area contributed by atoms with Crippen molar-refractivity contribution in [1.29, 1.82) is 0 Å². The lowest BCUT2D eigenvalue weighted by atomic mass is 10.0. The van der Waals surface area contributed by atoms with Crippen LogP contribution in [0, 0.1) is 0 Å². The molecule has 0 bridgehead atoms. The van der Waals surface area contributed by atoms with E-state index in [4.69, 9.17) is 5.14 Å². The highest BCUT2D eigenvalue weighted by molar-refractivity contribution is 7.89. The molecule has 25 heavy (non-hydrogen) atoms. The molecule has 1 aromatic heterocycles. The molecule has 0 amide bonds. The van der Waals surface area contributed by atoms with Crippen molar-refractivity contribution in [3.8, 4) is 11.3 Å². The fraction of sp³-hybridized carbons (Fsp3) is 0.167. The summed E-state index contributed by atoms with van der Waals surface area (Å²) < 4.78 is 22.7. The highest BCUT2D eigenvalue weighted by atomic mass is 32.2. The van der Waals surface area contributed by atoms with E-state index in [0.717, 1.165) is 22.1 Å². The minimum Gasteiger partial charge on any atom is -0.331 e. The van der Waals surface area contributed by atoms with E-state index in [2.05, 4.69) is 30.2 Å². The first-order valence-corrected chi connectivity index (χ1v) is 10.2. The molecular formula is C18H19N3O2S2. The fourth-order valence-electron chi connectivity index (χ4n) is 2.51. The third-order valence-electron chi connectivity index (χ3n) is 3.81. The number of aromatic nitrogens is 1. The van der Waals surface area contributed by atoms with Gasteiger partial charge in [-0.05, 0) is 29.7 Å². The first kappa shape index (κ1) is 17.6. The lowest BCUT2D eigenvalue weighted by Gasteiger charge is -2.12. The maximum Gasteiger partial charge on any atom is 0.238 e. The van der Waals surface area contributed by atoms with E-state index in [1.165, 1.54) is 29.0 Å². The predicted molar refractivity (Wildman–Crippen MR) is 103 cm³/mol. The van der Waals surface area contributed by atoms with Crippen LogP contribution in [0.2, 0.25) is 0 Å². The molecule has 0 aliphatic rings. The van der Waals surface area contributed by atoms with Gasteiger partial charge in [-0.15, -0.1) is 11.3 Å². The molecule has 3 rings (SSSR count). The molecule has 5 nitrogen and oxygen atoms in total. The number of nitrogens with two attached hydrogens (primary N) is 1. The molecule has 0 unspecified atom stereocenters. The van der Waals surface area contributed by atoms with Gasteiger partial charge in [0.2, 0.25) is 10.0 Å². The summed E-state index contributed by atoms with van der Waals surface area (Å²) in [7, 11) is -3.68. The number of anilines is 2. The predicted octanol–water partition coefficient (Wildman–Crippen LogP) is 4.32. The Morgan fingerprint density at radius 2 is 1.76 bits per heavy atom. The van der Waals surface area contributed by atoms with Gasteiger partial charge in [0.25, 0.3) is 0 Å². The first-order valence-electron chi connectivity index (χ1n) is 7.79. The van der Waals surface area contributed by atoms with E-state index in [1.807, 2.05) is 23.6 Å². The fourth-order valence-corrected chi connectivity index (χ4v) is 3.76. The number of sulfonamides is 1. The topological polar surface area (TPSA) is 85.1 Å². The summed E-state index contributed by atoms with van der Waals surface area (Å²) in [5.41, 5.74) is 3.91. The number of primary sulfonamides is 1. The average molecular weight is 374 g/mol. The van der Waals surface area contributed by atoms with Crippen LogP contribution in [0.1, 0.15) is 25.3 Å². The number of para-hydroxylation sites is 1. The molecule has 2 aromatic carbocycles. The van der Waals surface area contributed by atoms with Crippen LogP contribution in [0.25, 0.3) is 11.3 Å². The highest BCUT2D eigenvalue weighted by Crippen LogP contribution is 2.31. The van der Waals surface area contributed by atoms with Gasteiger partial charge in [-0.2, -0.15) is 0 Å². The summed E-state index contributed by atoms with van der Waals surface area (Å²) in [5.74, 6) is 0.411. The maximum absolute atomic E-state index is 11.3. The molecule has 3 aromatic rings. The summed E-state index contributed by atoms with van der Waals surface area (Å²) in [4.78, 5) is 4.69. The second-order valence-corrected chi connectivity index (χ2v) is 8.39. The summed E-state index contributed by atoms with van der Waals surface area (Å²) in [6.45, 7) is 4.31. The van der Waals surface area contributed by atoms with Crippen molar-refractivity contribution in [2.24, 2.45) is 5.14 Å². The van der Waals surface area contributed by atoms with E-state index in [9.17, 15) is 8.42 Å². The van der Waals surface area contributed by atoms with Crippen LogP contribution in [0.5, 0.6) is 0 Å². The Hall–Kier alpha value is -2.22. The van der Waals surface area contributed by atoms with Gasteiger partial charge in [0, 0.05) is 16.6 Å². The van der Waals surface area contributed by atoms with E-state index in [-0.39, 0.29) is 4.90 Å². The van der Waals surface area contributed by atoms with Gasteiger partial charge in [0.1, 0.15) is 0 Å². The van der Waals surface area contributed by atoms with Gasteiger partial charge < -0.3 is 5.32 Å². The molecule has 0 radical (unpaired) electrons. The lowest BCUT2D eigenvalue weighted by Crippen LogP contribution is -2.11. The van der Waals surface area contributed by atoms with Crippen molar-refractivity contribution < 1.29 is 8.42 Å².